The second kappa shape index (κ2) is 31.7. The summed E-state index contributed by atoms with van der Waals surface area (Å²) in [4.78, 5) is 45.5. The fraction of sp³-hybridized carbons (Fsp3) is 0.310. The Morgan fingerprint density at radius 3 is 1.12 bits per heavy atom. The van der Waals surface area contributed by atoms with Gasteiger partial charge in [0.1, 0.15) is 57.5 Å². The van der Waals surface area contributed by atoms with Crippen molar-refractivity contribution in [1.29, 1.82) is 0 Å². The molecule has 0 aliphatic heterocycles. The molecule has 0 unspecified atom stereocenters. The molecule has 0 heterocycles. The van der Waals surface area contributed by atoms with Crippen LogP contribution in [-0.2, 0) is 25.7 Å². The molecular weight excluding hydrogens is 967 g/mol. The quantitative estimate of drug-likeness (QED) is 0.0443. The molecule has 2 N–H and O–H groups in total. The number of carbonyl (C=O) groups is 4. The van der Waals surface area contributed by atoms with Crippen LogP contribution < -0.4 is 97.7 Å². The summed E-state index contributed by atoms with van der Waals surface area (Å²) in [6, 6.07) is 29.8. The van der Waals surface area contributed by atoms with Gasteiger partial charge in [-0.2, -0.15) is 0 Å². The molecule has 0 saturated heterocycles. The van der Waals surface area contributed by atoms with Gasteiger partial charge in [0, 0.05) is 36.1 Å². The van der Waals surface area contributed by atoms with Crippen molar-refractivity contribution in [3.63, 3.8) is 0 Å². The fourth-order valence-corrected chi connectivity index (χ4v) is 7.55. The van der Waals surface area contributed by atoms with Gasteiger partial charge in [-0.15, -0.1) is 0 Å². The van der Waals surface area contributed by atoms with Crippen LogP contribution in [0.25, 0.3) is 0 Å². The molecule has 0 spiro atoms. The molecule has 6 rings (SSSR count). The van der Waals surface area contributed by atoms with Crippen molar-refractivity contribution in [2.75, 3.05) is 26.4 Å². The minimum atomic E-state index is -1.25. The van der Waals surface area contributed by atoms with E-state index in [1.807, 2.05) is 38.1 Å². The average molecular weight is 1030 g/mol. The van der Waals surface area contributed by atoms with Gasteiger partial charge in [-0.05, 0) is 135 Å². The Kier molecular flexibility index (Phi) is 26.7. The molecule has 0 radical (unpaired) electrons. The first kappa shape index (κ1) is 62.3. The van der Waals surface area contributed by atoms with E-state index < -0.39 is 11.9 Å². The number of ether oxygens (including phenoxy) is 6. The van der Waals surface area contributed by atoms with Crippen molar-refractivity contribution in [1.82, 2.24) is 0 Å². The third kappa shape index (κ3) is 18.7. The van der Waals surface area contributed by atoms with Crippen molar-refractivity contribution in [3.05, 3.63) is 154 Å². The molecule has 0 atom stereocenters. The molecule has 6 aromatic rings. The number of phenols is 2. The molecule has 380 valence electrons. The number of carboxylic acid groups (broad SMARTS) is 2. The molecular formula is C58H62Na2O14. The van der Waals surface area contributed by atoms with E-state index in [9.17, 15) is 39.6 Å². The van der Waals surface area contributed by atoms with E-state index in [0.29, 0.717) is 97.7 Å². The first-order chi connectivity index (χ1) is 34.6. The molecule has 14 nitrogen and oxygen atoms in total. The summed E-state index contributed by atoms with van der Waals surface area (Å²) in [6.45, 7) is 12.6. The van der Waals surface area contributed by atoms with E-state index in [1.165, 1.54) is 50.2 Å². The number of phenolic OH excluding ortho intramolecular Hbond substituents is 2. The molecule has 0 bridgehead atoms. The second-order valence-corrected chi connectivity index (χ2v) is 16.7. The zero-order chi connectivity index (χ0) is 52.2. The van der Waals surface area contributed by atoms with Gasteiger partial charge in [0.25, 0.3) is 0 Å². The van der Waals surface area contributed by atoms with Gasteiger partial charge in [-0.1, -0.05) is 64.8 Å². The first-order valence-electron chi connectivity index (χ1n) is 24.1. The summed E-state index contributed by atoms with van der Waals surface area (Å²) < 4.78 is 35.4. The Balaban J connectivity index is 0.000000380. The van der Waals surface area contributed by atoms with Crippen LogP contribution in [-0.4, -0.2) is 60.1 Å². The largest absolute Gasteiger partial charge is 1.00 e. The monoisotopic (exact) mass is 1030 g/mol. The van der Waals surface area contributed by atoms with Crippen LogP contribution in [0.2, 0.25) is 0 Å². The number of Topliss-reactive ketones (excluding diaryl/α,β-unsaturated/α-hetero) is 2. The van der Waals surface area contributed by atoms with Crippen LogP contribution in [0.4, 0.5) is 0 Å². The molecule has 0 saturated carbocycles. The van der Waals surface area contributed by atoms with Crippen LogP contribution in [0.3, 0.4) is 0 Å². The Morgan fingerprint density at radius 2 is 0.797 bits per heavy atom. The van der Waals surface area contributed by atoms with E-state index in [2.05, 4.69) is 13.8 Å². The predicted molar refractivity (Wildman–Crippen MR) is 269 cm³/mol. The Morgan fingerprint density at radius 1 is 0.446 bits per heavy atom. The van der Waals surface area contributed by atoms with Crippen molar-refractivity contribution in [3.8, 4) is 57.5 Å². The van der Waals surface area contributed by atoms with E-state index in [1.54, 1.807) is 48.5 Å². The number of hydrogen-bond acceptors (Lipinski definition) is 14. The third-order valence-corrected chi connectivity index (χ3v) is 11.2. The molecule has 0 fully saturated rings. The zero-order valence-electron chi connectivity index (χ0n) is 43.7. The molecule has 0 amide bonds. The van der Waals surface area contributed by atoms with Crippen molar-refractivity contribution in [2.24, 2.45) is 0 Å². The van der Waals surface area contributed by atoms with Crippen LogP contribution in [0.15, 0.2) is 109 Å². The van der Waals surface area contributed by atoms with Gasteiger partial charge in [0.2, 0.25) is 0 Å². The SMILES string of the molecule is CCCc1cc(Oc2cccc(C(=O)[O-])c2)ccc1OCCCOc1cc(O)c(C(C)=O)cc1CC.CCCc1cc(Oc2cccc(C(=O)[O-])c2)ccc1OCCCOc1cc(O)c(C(C)=O)cc1CC.[Na+].[Na+]. The molecule has 6 aromatic carbocycles. The number of carboxylic acids is 2. The van der Waals surface area contributed by atoms with E-state index in [4.69, 9.17) is 28.4 Å². The second-order valence-electron chi connectivity index (χ2n) is 16.7. The van der Waals surface area contributed by atoms with Crippen LogP contribution in [0, 0.1) is 0 Å². The molecule has 0 aromatic heterocycles. The first-order valence-corrected chi connectivity index (χ1v) is 24.1. The minimum Gasteiger partial charge on any atom is -0.545 e. The standard InChI is InChI=1S/2C29H32O7.2Na/c2*1-4-8-21-15-24(36-23-10-6-9-22(16-23)29(32)33)11-12-27(21)34-13-7-14-35-28-18-26(31)25(19(3)30)17-20(28)5-2;;/h2*6,9-12,15-18,31H,4-5,7-8,13-14H2,1-3H3,(H,32,33);;/q;;2*+1/p-2. The number of aromatic hydroxyl groups is 2. The van der Waals surface area contributed by atoms with Crippen LogP contribution in [0.5, 0.6) is 57.5 Å². The van der Waals surface area contributed by atoms with E-state index in [0.717, 1.165) is 59.4 Å². The van der Waals surface area contributed by atoms with Crippen LogP contribution in [0.1, 0.15) is 131 Å². The van der Waals surface area contributed by atoms with Gasteiger partial charge in [-0.25, -0.2) is 0 Å². The van der Waals surface area contributed by atoms with Crippen molar-refractivity contribution in [2.45, 2.75) is 92.9 Å². The number of hydrogen-bond donors (Lipinski definition) is 2. The number of rotatable bonds is 26. The number of aromatic carboxylic acids is 2. The Bertz CT molecular complexity index is 2640. The normalized spacial score (nSPS) is 10.4. The Labute approximate surface area is 477 Å². The summed E-state index contributed by atoms with van der Waals surface area (Å²) in [5.41, 5.74) is 4.42. The van der Waals surface area contributed by atoms with E-state index >= 15 is 0 Å². The maximum absolute atomic E-state index is 11.7. The maximum Gasteiger partial charge on any atom is 1.00 e. The molecule has 74 heavy (non-hydrogen) atoms. The smallest absolute Gasteiger partial charge is 0.545 e. The summed E-state index contributed by atoms with van der Waals surface area (Å²) >= 11 is 0. The summed E-state index contributed by atoms with van der Waals surface area (Å²) in [7, 11) is 0. The van der Waals surface area contributed by atoms with Gasteiger partial charge in [0.05, 0.1) is 49.5 Å². The average Bonchev–Trinajstić information content (AvgIpc) is 3.35. The summed E-state index contributed by atoms with van der Waals surface area (Å²) in [5, 5.41) is 42.4. The number of carbonyl (C=O) groups excluding carboxylic acids is 4. The number of benzene rings is 6. The molecule has 16 heteroatoms. The van der Waals surface area contributed by atoms with Gasteiger partial charge < -0.3 is 58.4 Å². The van der Waals surface area contributed by atoms with Crippen molar-refractivity contribution < 1.29 is 127 Å². The third-order valence-electron chi connectivity index (χ3n) is 11.2. The zero-order valence-corrected chi connectivity index (χ0v) is 47.7. The fourth-order valence-electron chi connectivity index (χ4n) is 7.55. The summed E-state index contributed by atoms with van der Waals surface area (Å²) in [6.07, 6.45) is 6.03. The van der Waals surface area contributed by atoms with Crippen LogP contribution >= 0.6 is 0 Å². The molecule has 0 aliphatic rings. The van der Waals surface area contributed by atoms with Gasteiger partial charge in [0.15, 0.2) is 11.6 Å². The van der Waals surface area contributed by atoms with E-state index in [-0.39, 0.29) is 93.3 Å². The van der Waals surface area contributed by atoms with Crippen molar-refractivity contribution >= 4 is 23.5 Å². The number of aryl methyl sites for hydroxylation is 4. The van der Waals surface area contributed by atoms with Gasteiger partial charge in [-0.3, -0.25) is 9.59 Å². The number of ketones is 2. The summed E-state index contributed by atoms with van der Waals surface area (Å²) in [5.74, 6) is 1.61. The Hall–Kier alpha value is -6.00. The topological polar surface area (TPSA) is 210 Å². The maximum atomic E-state index is 11.7. The predicted octanol–water partition coefficient (Wildman–Crippen LogP) is 4.23. The molecule has 0 aliphatic carbocycles. The van der Waals surface area contributed by atoms with Gasteiger partial charge >= 0.3 is 59.1 Å². The minimum absolute atomic E-state index is 0.